The normalized spacial score (nSPS) is 19.5. The Hall–Kier alpha value is -0.410. The van der Waals surface area contributed by atoms with Crippen LogP contribution in [0.4, 0.5) is 0 Å². The summed E-state index contributed by atoms with van der Waals surface area (Å²) in [6.07, 6.45) is 7.12. The largest absolute Gasteiger partial charge is 0.309 e. The van der Waals surface area contributed by atoms with Gasteiger partial charge < -0.3 is 5.32 Å². The standard InChI is InChI=1S/C14H24N2S/c1-10(13-7-5-4-6-8-13)15-9-14-11(2)16-12(3)17-14/h10,13,15H,4-9H2,1-3H3. The summed E-state index contributed by atoms with van der Waals surface area (Å²) in [4.78, 5) is 5.89. The number of rotatable bonds is 4. The number of thiazole rings is 1. The molecule has 0 bridgehead atoms. The number of hydrogen-bond donors (Lipinski definition) is 1. The summed E-state index contributed by atoms with van der Waals surface area (Å²) < 4.78 is 0. The Kier molecular flexibility index (Phi) is 4.57. The van der Waals surface area contributed by atoms with Crippen LogP contribution in [0, 0.1) is 19.8 Å². The molecular weight excluding hydrogens is 228 g/mol. The molecule has 1 unspecified atom stereocenters. The molecule has 1 aromatic rings. The molecular formula is C14H24N2S. The van der Waals surface area contributed by atoms with Gasteiger partial charge in [-0.25, -0.2) is 4.98 Å². The van der Waals surface area contributed by atoms with Crippen molar-refractivity contribution in [3.8, 4) is 0 Å². The highest BCUT2D eigenvalue weighted by Crippen LogP contribution is 2.26. The van der Waals surface area contributed by atoms with Crippen LogP contribution >= 0.6 is 11.3 Å². The lowest BCUT2D eigenvalue weighted by atomic mass is 9.84. The molecule has 0 spiro atoms. The lowest BCUT2D eigenvalue weighted by Gasteiger charge is -2.28. The Balaban J connectivity index is 1.82. The molecule has 0 aromatic carbocycles. The number of hydrogen-bond acceptors (Lipinski definition) is 3. The summed E-state index contributed by atoms with van der Waals surface area (Å²) in [7, 11) is 0. The number of nitrogens with one attached hydrogen (secondary N) is 1. The monoisotopic (exact) mass is 252 g/mol. The lowest BCUT2D eigenvalue weighted by Crippen LogP contribution is -2.34. The quantitative estimate of drug-likeness (QED) is 0.881. The predicted molar refractivity (Wildman–Crippen MR) is 74.5 cm³/mol. The van der Waals surface area contributed by atoms with Crippen molar-refractivity contribution < 1.29 is 0 Å². The molecule has 1 atom stereocenters. The third-order valence-electron chi connectivity index (χ3n) is 3.94. The van der Waals surface area contributed by atoms with Crippen LogP contribution in [0.5, 0.6) is 0 Å². The molecule has 3 heteroatoms. The molecule has 1 aliphatic rings. The molecule has 1 fully saturated rings. The average molecular weight is 252 g/mol. The van der Waals surface area contributed by atoms with Crippen molar-refractivity contribution in [2.45, 2.75) is 65.5 Å². The zero-order chi connectivity index (χ0) is 12.3. The van der Waals surface area contributed by atoms with Gasteiger partial charge in [-0.05, 0) is 39.5 Å². The molecule has 1 N–H and O–H groups in total. The van der Waals surface area contributed by atoms with Gasteiger partial charge in [0.15, 0.2) is 0 Å². The van der Waals surface area contributed by atoms with Crippen molar-refractivity contribution in [1.82, 2.24) is 10.3 Å². The number of aromatic nitrogens is 1. The minimum absolute atomic E-state index is 0.650. The van der Waals surface area contributed by atoms with Crippen molar-refractivity contribution in [2.75, 3.05) is 0 Å². The van der Waals surface area contributed by atoms with Crippen LogP contribution in [0.15, 0.2) is 0 Å². The Morgan fingerprint density at radius 1 is 1.29 bits per heavy atom. The summed E-state index contributed by atoms with van der Waals surface area (Å²) in [5.74, 6) is 0.887. The van der Waals surface area contributed by atoms with Crippen molar-refractivity contribution in [2.24, 2.45) is 5.92 Å². The van der Waals surface area contributed by atoms with Crippen LogP contribution in [0.2, 0.25) is 0 Å². The molecule has 2 nitrogen and oxygen atoms in total. The number of aryl methyl sites for hydroxylation is 2. The summed E-state index contributed by atoms with van der Waals surface area (Å²) in [6.45, 7) is 7.55. The zero-order valence-corrected chi connectivity index (χ0v) is 12.1. The first kappa shape index (κ1) is 13.0. The van der Waals surface area contributed by atoms with Gasteiger partial charge in [-0.15, -0.1) is 11.3 Å². The van der Waals surface area contributed by atoms with E-state index in [2.05, 4.69) is 31.1 Å². The van der Waals surface area contributed by atoms with Gasteiger partial charge in [-0.3, -0.25) is 0 Å². The smallest absolute Gasteiger partial charge is 0.0900 e. The van der Waals surface area contributed by atoms with Crippen LogP contribution in [0.1, 0.15) is 54.6 Å². The van der Waals surface area contributed by atoms with Crippen LogP contribution in [-0.2, 0) is 6.54 Å². The Morgan fingerprint density at radius 3 is 2.59 bits per heavy atom. The Morgan fingerprint density at radius 2 is 2.00 bits per heavy atom. The molecule has 1 aromatic heterocycles. The van der Waals surface area contributed by atoms with E-state index in [-0.39, 0.29) is 0 Å². The van der Waals surface area contributed by atoms with E-state index in [1.807, 2.05) is 11.3 Å². The predicted octanol–water partition coefficient (Wildman–Crippen LogP) is 3.82. The van der Waals surface area contributed by atoms with E-state index < -0.39 is 0 Å². The summed E-state index contributed by atoms with van der Waals surface area (Å²) >= 11 is 1.83. The van der Waals surface area contributed by atoms with Gasteiger partial charge >= 0.3 is 0 Å². The van der Waals surface area contributed by atoms with E-state index in [1.165, 1.54) is 47.7 Å². The minimum Gasteiger partial charge on any atom is -0.309 e. The van der Waals surface area contributed by atoms with E-state index >= 15 is 0 Å². The molecule has 2 rings (SSSR count). The van der Waals surface area contributed by atoms with Gasteiger partial charge in [-0.2, -0.15) is 0 Å². The average Bonchev–Trinajstić information content (AvgIpc) is 2.66. The second-order valence-electron chi connectivity index (χ2n) is 5.31. The van der Waals surface area contributed by atoms with E-state index in [4.69, 9.17) is 0 Å². The molecule has 17 heavy (non-hydrogen) atoms. The van der Waals surface area contributed by atoms with Crippen LogP contribution in [-0.4, -0.2) is 11.0 Å². The number of nitrogens with zero attached hydrogens (tertiary/aromatic N) is 1. The molecule has 0 aliphatic heterocycles. The second-order valence-corrected chi connectivity index (χ2v) is 6.60. The maximum absolute atomic E-state index is 4.48. The Labute approximate surface area is 109 Å². The molecule has 0 amide bonds. The maximum atomic E-state index is 4.48. The Bertz CT molecular complexity index is 353. The van der Waals surface area contributed by atoms with Gasteiger partial charge in [0.2, 0.25) is 0 Å². The first-order valence-corrected chi connectivity index (χ1v) is 7.64. The van der Waals surface area contributed by atoms with Gasteiger partial charge in [0.1, 0.15) is 0 Å². The van der Waals surface area contributed by atoms with Crippen molar-refractivity contribution in [3.05, 3.63) is 15.6 Å². The van der Waals surface area contributed by atoms with Crippen molar-refractivity contribution in [3.63, 3.8) is 0 Å². The molecule has 1 heterocycles. The second kappa shape index (κ2) is 5.96. The minimum atomic E-state index is 0.650. The van der Waals surface area contributed by atoms with Crippen LogP contribution < -0.4 is 5.32 Å². The third kappa shape index (κ3) is 3.52. The van der Waals surface area contributed by atoms with Crippen LogP contribution in [0.3, 0.4) is 0 Å². The molecule has 0 radical (unpaired) electrons. The fraction of sp³-hybridized carbons (Fsp3) is 0.786. The highest BCUT2D eigenvalue weighted by atomic mass is 32.1. The van der Waals surface area contributed by atoms with E-state index in [1.54, 1.807) is 0 Å². The summed E-state index contributed by atoms with van der Waals surface area (Å²) in [5.41, 5.74) is 1.20. The van der Waals surface area contributed by atoms with Gasteiger partial charge in [-0.1, -0.05) is 19.3 Å². The SMILES string of the molecule is Cc1nc(C)c(CNC(C)C2CCCCC2)s1. The third-order valence-corrected chi connectivity index (χ3v) is 5.01. The van der Waals surface area contributed by atoms with Gasteiger partial charge in [0, 0.05) is 17.5 Å². The van der Waals surface area contributed by atoms with Crippen molar-refractivity contribution >= 4 is 11.3 Å². The topological polar surface area (TPSA) is 24.9 Å². The summed E-state index contributed by atoms with van der Waals surface area (Å²) in [6, 6.07) is 0.650. The first-order valence-electron chi connectivity index (χ1n) is 6.83. The fourth-order valence-electron chi connectivity index (χ4n) is 2.79. The molecule has 1 saturated carbocycles. The molecule has 1 aliphatic carbocycles. The highest BCUT2D eigenvalue weighted by Gasteiger charge is 2.19. The van der Waals surface area contributed by atoms with Gasteiger partial charge in [0.25, 0.3) is 0 Å². The molecule has 0 saturated heterocycles. The van der Waals surface area contributed by atoms with E-state index in [0.29, 0.717) is 6.04 Å². The molecule has 96 valence electrons. The van der Waals surface area contributed by atoms with Crippen molar-refractivity contribution in [1.29, 1.82) is 0 Å². The fourth-order valence-corrected chi connectivity index (χ4v) is 3.68. The van der Waals surface area contributed by atoms with Gasteiger partial charge in [0.05, 0.1) is 10.7 Å². The van der Waals surface area contributed by atoms with E-state index in [0.717, 1.165) is 12.5 Å². The summed E-state index contributed by atoms with van der Waals surface area (Å²) in [5, 5.41) is 4.88. The maximum Gasteiger partial charge on any atom is 0.0900 e. The first-order chi connectivity index (χ1) is 8.16. The van der Waals surface area contributed by atoms with E-state index in [9.17, 15) is 0 Å². The zero-order valence-electron chi connectivity index (χ0n) is 11.3. The lowest BCUT2D eigenvalue weighted by molar-refractivity contribution is 0.281. The van der Waals surface area contributed by atoms with Crippen LogP contribution in [0.25, 0.3) is 0 Å². The highest BCUT2D eigenvalue weighted by molar-refractivity contribution is 7.11.